The number of methoxy groups -OCH3 is 1. The summed E-state index contributed by atoms with van der Waals surface area (Å²) >= 11 is 0. The fourth-order valence-corrected chi connectivity index (χ4v) is 2.30. The maximum absolute atomic E-state index is 6.04. The first-order valence-corrected chi connectivity index (χ1v) is 6.87. The number of hydrogen-bond donors (Lipinski definition) is 1. The van der Waals surface area contributed by atoms with Gasteiger partial charge in [0.15, 0.2) is 0 Å². The predicted molar refractivity (Wildman–Crippen MR) is 74.4 cm³/mol. The Morgan fingerprint density at radius 1 is 1.26 bits per heavy atom. The molecule has 1 saturated carbocycles. The highest BCUT2D eigenvalue weighted by atomic mass is 16.6. The Kier molecular flexibility index (Phi) is 5.19. The zero-order valence-corrected chi connectivity index (χ0v) is 11.7. The van der Waals surface area contributed by atoms with Crippen molar-refractivity contribution in [2.24, 2.45) is 5.73 Å². The largest absolute Gasteiger partial charge is 0.487 e. The Bertz CT molecular complexity index is 397. The molecule has 0 radical (unpaired) electrons. The molecule has 0 spiro atoms. The molecule has 1 aliphatic carbocycles. The molecule has 0 bridgehead atoms. The van der Waals surface area contributed by atoms with Gasteiger partial charge in [0.2, 0.25) is 0 Å². The first-order chi connectivity index (χ1) is 9.26. The highest BCUT2D eigenvalue weighted by molar-refractivity contribution is 5.33. The van der Waals surface area contributed by atoms with E-state index in [-0.39, 0.29) is 18.2 Å². The third kappa shape index (κ3) is 3.47. The molecule has 1 aliphatic rings. The lowest BCUT2D eigenvalue weighted by Crippen LogP contribution is -2.59. The van der Waals surface area contributed by atoms with Crippen LogP contribution in [0.25, 0.3) is 0 Å². The molecule has 2 rings (SSSR count). The molecule has 3 atom stereocenters. The summed E-state index contributed by atoms with van der Waals surface area (Å²) in [6, 6.07) is 8.19. The molecule has 4 nitrogen and oxygen atoms in total. The molecule has 1 aromatic rings. The van der Waals surface area contributed by atoms with E-state index in [1.807, 2.05) is 18.2 Å². The van der Waals surface area contributed by atoms with Crippen LogP contribution in [0.15, 0.2) is 24.3 Å². The minimum atomic E-state index is -0.0277. The van der Waals surface area contributed by atoms with Crippen LogP contribution in [-0.2, 0) is 15.9 Å². The summed E-state index contributed by atoms with van der Waals surface area (Å²) in [6.07, 6.45) is 1.83. The second-order valence-corrected chi connectivity index (χ2v) is 4.85. The van der Waals surface area contributed by atoms with E-state index in [9.17, 15) is 0 Å². The molecule has 1 aromatic carbocycles. The van der Waals surface area contributed by atoms with Crippen LogP contribution in [0.5, 0.6) is 5.75 Å². The molecule has 0 aromatic heterocycles. The summed E-state index contributed by atoms with van der Waals surface area (Å²) in [5.74, 6) is 0.947. The molecule has 0 amide bonds. The summed E-state index contributed by atoms with van der Waals surface area (Å²) in [6.45, 7) is 3.27. The number of aryl methyl sites for hydroxylation is 1. The van der Waals surface area contributed by atoms with Crippen LogP contribution < -0.4 is 10.5 Å². The molecule has 106 valence electrons. The zero-order valence-electron chi connectivity index (χ0n) is 11.7. The number of hydrogen-bond acceptors (Lipinski definition) is 4. The lowest BCUT2D eigenvalue weighted by Gasteiger charge is -2.42. The third-order valence-electron chi connectivity index (χ3n) is 3.52. The topological polar surface area (TPSA) is 53.7 Å². The van der Waals surface area contributed by atoms with E-state index in [2.05, 4.69) is 13.0 Å². The van der Waals surface area contributed by atoms with Gasteiger partial charge >= 0.3 is 0 Å². The second-order valence-electron chi connectivity index (χ2n) is 4.85. The summed E-state index contributed by atoms with van der Waals surface area (Å²) in [7, 11) is 1.66. The SMILES string of the molecule is CCc1ccccc1OC1CC(N)C1OCCOC. The average Bonchev–Trinajstić information content (AvgIpc) is 2.43. The first kappa shape index (κ1) is 14.3. The van der Waals surface area contributed by atoms with Gasteiger partial charge in [-0.05, 0) is 18.1 Å². The van der Waals surface area contributed by atoms with E-state index in [1.165, 1.54) is 5.56 Å². The highest BCUT2D eigenvalue weighted by Crippen LogP contribution is 2.29. The highest BCUT2D eigenvalue weighted by Gasteiger charge is 2.41. The maximum Gasteiger partial charge on any atom is 0.128 e. The van der Waals surface area contributed by atoms with Gasteiger partial charge in [-0.25, -0.2) is 0 Å². The first-order valence-electron chi connectivity index (χ1n) is 6.87. The lowest BCUT2D eigenvalue weighted by atomic mass is 9.86. The Labute approximate surface area is 114 Å². The van der Waals surface area contributed by atoms with Crippen molar-refractivity contribution in [3.05, 3.63) is 29.8 Å². The van der Waals surface area contributed by atoms with Crippen LogP contribution in [0.3, 0.4) is 0 Å². The van der Waals surface area contributed by atoms with Crippen LogP contribution in [-0.4, -0.2) is 38.6 Å². The molecular weight excluding hydrogens is 242 g/mol. The van der Waals surface area contributed by atoms with Crippen molar-refractivity contribution in [1.82, 2.24) is 0 Å². The smallest absolute Gasteiger partial charge is 0.128 e. The standard InChI is InChI=1S/C15H23NO3/c1-3-11-6-4-5-7-13(11)19-14-10-12(16)15(14)18-9-8-17-2/h4-7,12,14-15H,3,8-10,16H2,1-2H3. The van der Waals surface area contributed by atoms with Crippen molar-refractivity contribution < 1.29 is 14.2 Å². The van der Waals surface area contributed by atoms with Crippen molar-refractivity contribution in [3.8, 4) is 5.75 Å². The maximum atomic E-state index is 6.04. The normalized spacial score (nSPS) is 25.9. The van der Waals surface area contributed by atoms with Crippen LogP contribution in [0.2, 0.25) is 0 Å². The van der Waals surface area contributed by atoms with Gasteiger partial charge < -0.3 is 19.9 Å². The lowest BCUT2D eigenvalue weighted by molar-refractivity contribution is -0.107. The molecule has 3 unspecified atom stereocenters. The second kappa shape index (κ2) is 6.89. The van der Waals surface area contributed by atoms with Crippen LogP contribution >= 0.6 is 0 Å². The van der Waals surface area contributed by atoms with E-state index in [4.69, 9.17) is 19.9 Å². The summed E-state index contributed by atoms with van der Waals surface area (Å²) in [5.41, 5.74) is 7.19. The molecule has 0 heterocycles. The molecule has 1 fully saturated rings. The molecular formula is C15H23NO3. The van der Waals surface area contributed by atoms with Crippen molar-refractivity contribution in [3.63, 3.8) is 0 Å². The predicted octanol–water partition coefficient (Wildman–Crippen LogP) is 1.76. The molecule has 4 heteroatoms. The third-order valence-corrected chi connectivity index (χ3v) is 3.52. The van der Waals surface area contributed by atoms with Gasteiger partial charge in [0.25, 0.3) is 0 Å². The van der Waals surface area contributed by atoms with Gasteiger partial charge in [0, 0.05) is 19.6 Å². The summed E-state index contributed by atoms with van der Waals surface area (Å²) in [5, 5.41) is 0. The molecule has 19 heavy (non-hydrogen) atoms. The summed E-state index contributed by atoms with van der Waals surface area (Å²) in [4.78, 5) is 0. The van der Waals surface area contributed by atoms with Gasteiger partial charge in [-0.3, -0.25) is 0 Å². The number of rotatable bonds is 7. The van der Waals surface area contributed by atoms with Crippen molar-refractivity contribution in [2.75, 3.05) is 20.3 Å². The van der Waals surface area contributed by atoms with E-state index < -0.39 is 0 Å². The Hall–Kier alpha value is -1.10. The molecule has 2 N–H and O–H groups in total. The Morgan fingerprint density at radius 2 is 2.05 bits per heavy atom. The quantitative estimate of drug-likeness (QED) is 0.763. The Morgan fingerprint density at radius 3 is 2.74 bits per heavy atom. The number of para-hydroxylation sites is 1. The fraction of sp³-hybridized carbons (Fsp3) is 0.600. The van der Waals surface area contributed by atoms with Crippen molar-refractivity contribution in [2.45, 2.75) is 38.0 Å². The van der Waals surface area contributed by atoms with Gasteiger partial charge in [0.05, 0.1) is 13.2 Å². The minimum absolute atomic E-state index is 0.0277. The van der Waals surface area contributed by atoms with Crippen molar-refractivity contribution in [1.29, 1.82) is 0 Å². The van der Waals surface area contributed by atoms with Gasteiger partial charge in [-0.15, -0.1) is 0 Å². The van der Waals surface area contributed by atoms with Crippen molar-refractivity contribution >= 4 is 0 Å². The van der Waals surface area contributed by atoms with E-state index in [0.717, 1.165) is 18.6 Å². The monoisotopic (exact) mass is 265 g/mol. The molecule has 0 saturated heterocycles. The minimum Gasteiger partial charge on any atom is -0.487 e. The van der Waals surface area contributed by atoms with Gasteiger partial charge in [-0.1, -0.05) is 25.1 Å². The average molecular weight is 265 g/mol. The van der Waals surface area contributed by atoms with Crippen LogP contribution in [0.1, 0.15) is 18.9 Å². The molecule has 0 aliphatic heterocycles. The number of benzene rings is 1. The number of ether oxygens (including phenoxy) is 3. The van der Waals surface area contributed by atoms with E-state index >= 15 is 0 Å². The fourth-order valence-electron chi connectivity index (χ4n) is 2.30. The zero-order chi connectivity index (χ0) is 13.7. The Balaban J connectivity index is 1.91. The van der Waals surface area contributed by atoms with E-state index in [0.29, 0.717) is 13.2 Å². The summed E-state index contributed by atoms with van der Waals surface area (Å²) < 4.78 is 16.7. The van der Waals surface area contributed by atoms with Crippen LogP contribution in [0, 0.1) is 0 Å². The van der Waals surface area contributed by atoms with Gasteiger partial charge in [-0.2, -0.15) is 0 Å². The number of nitrogens with two attached hydrogens (primary N) is 1. The van der Waals surface area contributed by atoms with Gasteiger partial charge in [0.1, 0.15) is 18.0 Å². The van der Waals surface area contributed by atoms with E-state index in [1.54, 1.807) is 7.11 Å². The van der Waals surface area contributed by atoms with Crippen LogP contribution in [0.4, 0.5) is 0 Å².